The molecule has 1 aliphatic rings. The number of nitrogens with zero attached hydrogens (tertiary/aromatic N) is 5. The van der Waals surface area contributed by atoms with E-state index in [1.807, 2.05) is 48.3 Å². The van der Waals surface area contributed by atoms with E-state index in [9.17, 15) is 4.79 Å². The lowest BCUT2D eigenvalue weighted by Gasteiger charge is -2.24. The summed E-state index contributed by atoms with van der Waals surface area (Å²) >= 11 is 0. The van der Waals surface area contributed by atoms with Crippen LogP contribution in [0.3, 0.4) is 0 Å². The molecule has 1 unspecified atom stereocenters. The van der Waals surface area contributed by atoms with E-state index >= 15 is 0 Å². The molecule has 0 radical (unpaired) electrons. The molecule has 21 heavy (non-hydrogen) atoms. The Morgan fingerprint density at radius 1 is 1.33 bits per heavy atom. The van der Waals surface area contributed by atoms with Crippen LogP contribution in [0.15, 0.2) is 24.8 Å². The molecule has 3 heterocycles. The predicted octanol–water partition coefficient (Wildman–Crippen LogP) is 1.68. The van der Waals surface area contributed by atoms with Crippen molar-refractivity contribution in [2.75, 3.05) is 6.54 Å². The lowest BCUT2D eigenvalue weighted by molar-refractivity contribution is -0.132. The van der Waals surface area contributed by atoms with Crippen molar-refractivity contribution < 1.29 is 4.79 Å². The normalized spacial score (nSPS) is 18.4. The molecule has 2 aromatic heterocycles. The highest BCUT2D eigenvalue weighted by atomic mass is 16.2. The van der Waals surface area contributed by atoms with Crippen molar-refractivity contribution in [2.45, 2.75) is 38.8 Å². The second-order valence-electron chi connectivity index (χ2n) is 5.72. The topological polar surface area (TPSA) is 56.0 Å². The van der Waals surface area contributed by atoms with Crippen molar-refractivity contribution in [2.24, 2.45) is 7.05 Å². The smallest absolute Gasteiger partial charge is 0.224 e. The molecular formula is C15H21N5O. The van der Waals surface area contributed by atoms with Gasteiger partial charge in [-0.05, 0) is 25.3 Å². The SMILES string of the molecule is Cc1cnn(CCC(=O)N2CCCC2c2cnn(C)c2)c1. The lowest BCUT2D eigenvalue weighted by atomic mass is 10.1. The number of amides is 1. The van der Waals surface area contributed by atoms with E-state index < -0.39 is 0 Å². The summed E-state index contributed by atoms with van der Waals surface area (Å²) in [5, 5.41) is 8.44. The van der Waals surface area contributed by atoms with E-state index in [2.05, 4.69) is 10.2 Å². The summed E-state index contributed by atoms with van der Waals surface area (Å²) in [6.07, 6.45) is 10.2. The van der Waals surface area contributed by atoms with E-state index in [0.29, 0.717) is 13.0 Å². The minimum absolute atomic E-state index is 0.186. The first kappa shape index (κ1) is 13.9. The van der Waals surface area contributed by atoms with Gasteiger partial charge in [0.25, 0.3) is 0 Å². The first-order valence-corrected chi connectivity index (χ1v) is 7.40. The molecule has 0 saturated carbocycles. The first-order valence-electron chi connectivity index (χ1n) is 7.40. The Morgan fingerprint density at radius 2 is 2.19 bits per heavy atom. The molecule has 112 valence electrons. The fourth-order valence-corrected chi connectivity index (χ4v) is 2.97. The molecule has 3 rings (SSSR count). The zero-order valence-corrected chi connectivity index (χ0v) is 12.6. The van der Waals surface area contributed by atoms with Crippen LogP contribution in [0.4, 0.5) is 0 Å². The summed E-state index contributed by atoms with van der Waals surface area (Å²) < 4.78 is 3.63. The van der Waals surface area contributed by atoms with Gasteiger partial charge in [0, 0.05) is 44.5 Å². The number of aryl methyl sites for hydroxylation is 3. The number of rotatable bonds is 4. The van der Waals surface area contributed by atoms with Gasteiger partial charge in [-0.25, -0.2) is 0 Å². The number of hydrogen-bond donors (Lipinski definition) is 0. The molecule has 0 spiro atoms. The number of carbonyl (C=O) groups is 1. The Bertz CT molecular complexity index is 630. The largest absolute Gasteiger partial charge is 0.335 e. The standard InChI is InChI=1S/C15H21N5O/c1-12-8-17-19(10-12)7-5-15(21)20-6-3-4-14(20)13-9-16-18(2)11-13/h8-11,14H,3-7H2,1-2H3. The molecule has 6 heteroatoms. The molecule has 0 aliphatic carbocycles. The first-order chi connectivity index (χ1) is 10.1. The minimum Gasteiger partial charge on any atom is -0.335 e. The van der Waals surface area contributed by atoms with Crippen molar-refractivity contribution in [1.29, 1.82) is 0 Å². The maximum Gasteiger partial charge on any atom is 0.224 e. The maximum atomic E-state index is 12.5. The van der Waals surface area contributed by atoms with E-state index in [4.69, 9.17) is 0 Å². The van der Waals surface area contributed by atoms with Crippen LogP contribution < -0.4 is 0 Å². The number of hydrogen-bond acceptors (Lipinski definition) is 3. The molecule has 1 saturated heterocycles. The number of carbonyl (C=O) groups excluding carboxylic acids is 1. The van der Waals surface area contributed by atoms with Crippen LogP contribution in [-0.4, -0.2) is 36.9 Å². The predicted molar refractivity (Wildman–Crippen MR) is 78.5 cm³/mol. The van der Waals surface area contributed by atoms with Crippen molar-refractivity contribution in [3.63, 3.8) is 0 Å². The molecule has 1 atom stereocenters. The van der Waals surface area contributed by atoms with E-state index in [-0.39, 0.29) is 11.9 Å². The van der Waals surface area contributed by atoms with Crippen LogP contribution >= 0.6 is 0 Å². The second kappa shape index (κ2) is 5.71. The fourth-order valence-electron chi connectivity index (χ4n) is 2.97. The highest BCUT2D eigenvalue weighted by Gasteiger charge is 2.30. The van der Waals surface area contributed by atoms with Crippen LogP contribution in [-0.2, 0) is 18.4 Å². The molecular weight excluding hydrogens is 266 g/mol. The van der Waals surface area contributed by atoms with Gasteiger partial charge in [0.05, 0.1) is 18.4 Å². The van der Waals surface area contributed by atoms with E-state index in [1.54, 1.807) is 4.68 Å². The third-order valence-corrected chi connectivity index (χ3v) is 4.00. The molecule has 0 N–H and O–H groups in total. The zero-order chi connectivity index (χ0) is 14.8. The quantitative estimate of drug-likeness (QED) is 0.859. The van der Waals surface area contributed by atoms with E-state index in [1.165, 1.54) is 0 Å². The summed E-state index contributed by atoms with van der Waals surface area (Å²) in [5.41, 5.74) is 2.26. The average molecular weight is 287 g/mol. The Morgan fingerprint density at radius 3 is 2.86 bits per heavy atom. The Kier molecular flexibility index (Phi) is 3.77. The summed E-state index contributed by atoms with van der Waals surface area (Å²) in [4.78, 5) is 14.5. The molecule has 0 bridgehead atoms. The van der Waals surface area contributed by atoms with Crippen LogP contribution in [0.2, 0.25) is 0 Å². The number of likely N-dealkylation sites (tertiary alicyclic amines) is 1. The van der Waals surface area contributed by atoms with Crippen LogP contribution in [0, 0.1) is 6.92 Å². The second-order valence-corrected chi connectivity index (χ2v) is 5.72. The molecule has 1 amide bonds. The molecule has 1 aliphatic heterocycles. The van der Waals surface area contributed by atoms with Crippen molar-refractivity contribution >= 4 is 5.91 Å². The van der Waals surface area contributed by atoms with Gasteiger partial charge in [-0.15, -0.1) is 0 Å². The van der Waals surface area contributed by atoms with Crippen molar-refractivity contribution in [1.82, 2.24) is 24.5 Å². The van der Waals surface area contributed by atoms with Gasteiger partial charge in [-0.3, -0.25) is 14.2 Å². The van der Waals surface area contributed by atoms with Gasteiger partial charge in [-0.2, -0.15) is 10.2 Å². The zero-order valence-electron chi connectivity index (χ0n) is 12.6. The summed E-state index contributed by atoms with van der Waals surface area (Å²) in [5.74, 6) is 0.203. The minimum atomic E-state index is 0.186. The van der Waals surface area contributed by atoms with Crippen LogP contribution in [0.25, 0.3) is 0 Å². The summed E-state index contributed by atoms with van der Waals surface area (Å²) in [6.45, 7) is 3.49. The van der Waals surface area contributed by atoms with Crippen molar-refractivity contribution in [3.8, 4) is 0 Å². The Labute approximate surface area is 124 Å². The third-order valence-electron chi connectivity index (χ3n) is 4.00. The summed E-state index contributed by atoms with van der Waals surface area (Å²) in [7, 11) is 1.91. The number of aromatic nitrogens is 4. The van der Waals surface area contributed by atoms with Gasteiger partial charge < -0.3 is 4.90 Å². The van der Waals surface area contributed by atoms with Crippen LogP contribution in [0.5, 0.6) is 0 Å². The van der Waals surface area contributed by atoms with Gasteiger partial charge in [0.15, 0.2) is 0 Å². The van der Waals surface area contributed by atoms with E-state index in [0.717, 1.165) is 30.5 Å². The van der Waals surface area contributed by atoms with Gasteiger partial charge in [0.2, 0.25) is 5.91 Å². The highest BCUT2D eigenvalue weighted by molar-refractivity contribution is 5.77. The average Bonchev–Trinajstić information content (AvgIpc) is 3.16. The maximum absolute atomic E-state index is 12.5. The Balaban J connectivity index is 1.63. The van der Waals surface area contributed by atoms with Gasteiger partial charge in [0.1, 0.15) is 0 Å². The monoisotopic (exact) mass is 287 g/mol. The van der Waals surface area contributed by atoms with Crippen LogP contribution in [0.1, 0.15) is 36.4 Å². The summed E-state index contributed by atoms with van der Waals surface area (Å²) in [6, 6.07) is 0.186. The molecule has 0 aromatic carbocycles. The molecule has 6 nitrogen and oxygen atoms in total. The third kappa shape index (κ3) is 2.99. The fraction of sp³-hybridized carbons (Fsp3) is 0.533. The Hall–Kier alpha value is -2.11. The molecule has 2 aromatic rings. The lowest BCUT2D eigenvalue weighted by Crippen LogP contribution is -2.31. The highest BCUT2D eigenvalue weighted by Crippen LogP contribution is 2.32. The van der Waals surface area contributed by atoms with Gasteiger partial charge in [-0.1, -0.05) is 0 Å². The molecule has 1 fully saturated rings. The van der Waals surface area contributed by atoms with Crippen molar-refractivity contribution in [3.05, 3.63) is 35.9 Å². The van der Waals surface area contributed by atoms with Gasteiger partial charge >= 0.3 is 0 Å².